The molecule has 1 heterocycles. The second-order valence-electron chi connectivity index (χ2n) is 3.06. The van der Waals surface area contributed by atoms with Crippen LogP contribution in [0.2, 0.25) is 0 Å². The van der Waals surface area contributed by atoms with Crippen molar-refractivity contribution >= 4 is 17.2 Å². The molecule has 0 saturated heterocycles. The first-order valence-corrected chi connectivity index (χ1v) is 5.19. The molecule has 0 aromatic carbocycles. The Morgan fingerprint density at radius 2 is 2.50 bits per heavy atom. The van der Waals surface area contributed by atoms with Crippen LogP contribution in [-0.4, -0.2) is 12.5 Å². The van der Waals surface area contributed by atoms with Crippen molar-refractivity contribution in [1.29, 1.82) is 0 Å². The number of primary amides is 1. The molecule has 0 fully saturated rings. The molecule has 0 spiro atoms. The van der Waals surface area contributed by atoms with E-state index >= 15 is 0 Å². The molecule has 1 amide bonds. The molecule has 3 N–H and O–H groups in total. The fraction of sp³-hybridized carbons (Fsp3) is 0.444. The first kappa shape index (κ1) is 11.2. The van der Waals surface area contributed by atoms with E-state index in [4.69, 9.17) is 10.6 Å². The molecule has 1 atom stereocenters. The highest BCUT2D eigenvalue weighted by Gasteiger charge is 2.09. The summed E-state index contributed by atoms with van der Waals surface area (Å²) in [6, 6.07) is 2.13. The molecule has 78 valence electrons. The van der Waals surface area contributed by atoms with E-state index in [9.17, 15) is 4.79 Å². The van der Waals surface area contributed by atoms with Crippen molar-refractivity contribution in [1.82, 2.24) is 5.48 Å². The zero-order chi connectivity index (χ0) is 10.6. The van der Waals surface area contributed by atoms with Gasteiger partial charge in [0.25, 0.3) is 0 Å². The summed E-state index contributed by atoms with van der Waals surface area (Å²) in [4.78, 5) is 16.5. The number of nitrogens with two attached hydrogens (primary N) is 1. The van der Waals surface area contributed by atoms with Gasteiger partial charge in [-0.05, 0) is 30.9 Å². The molecule has 0 aliphatic rings. The molecular weight excluding hydrogens is 200 g/mol. The SMILES string of the molecule is Cc1ccsc1C(C)NOCC(N)=O. The summed E-state index contributed by atoms with van der Waals surface area (Å²) < 4.78 is 0. The number of nitrogens with one attached hydrogen (secondary N) is 1. The maximum absolute atomic E-state index is 10.4. The third-order valence-electron chi connectivity index (χ3n) is 1.77. The highest BCUT2D eigenvalue weighted by atomic mass is 32.1. The standard InChI is InChI=1S/C9H14N2O2S/c1-6-3-4-14-9(6)7(2)11-13-5-8(10)12/h3-4,7,11H,5H2,1-2H3,(H2,10,12). The molecule has 0 aliphatic heterocycles. The van der Waals surface area contributed by atoms with Gasteiger partial charge in [-0.1, -0.05) is 0 Å². The Bertz CT molecular complexity index is 312. The lowest BCUT2D eigenvalue weighted by Crippen LogP contribution is -2.26. The molecule has 5 heteroatoms. The van der Waals surface area contributed by atoms with E-state index < -0.39 is 5.91 Å². The van der Waals surface area contributed by atoms with E-state index in [2.05, 4.69) is 5.48 Å². The molecule has 0 radical (unpaired) electrons. The van der Waals surface area contributed by atoms with Gasteiger partial charge in [0.05, 0.1) is 6.04 Å². The first-order valence-electron chi connectivity index (χ1n) is 4.31. The van der Waals surface area contributed by atoms with Crippen LogP contribution in [-0.2, 0) is 9.63 Å². The van der Waals surface area contributed by atoms with Gasteiger partial charge in [0, 0.05) is 4.88 Å². The van der Waals surface area contributed by atoms with E-state index in [-0.39, 0.29) is 12.6 Å². The summed E-state index contributed by atoms with van der Waals surface area (Å²) >= 11 is 1.66. The highest BCUT2D eigenvalue weighted by Crippen LogP contribution is 2.23. The van der Waals surface area contributed by atoms with Gasteiger partial charge >= 0.3 is 0 Å². The van der Waals surface area contributed by atoms with Crippen LogP contribution in [0.5, 0.6) is 0 Å². The Morgan fingerprint density at radius 1 is 1.79 bits per heavy atom. The number of amides is 1. The summed E-state index contributed by atoms with van der Waals surface area (Å²) in [7, 11) is 0. The largest absolute Gasteiger partial charge is 0.368 e. The Hall–Kier alpha value is -0.910. The van der Waals surface area contributed by atoms with Gasteiger partial charge in [-0.3, -0.25) is 9.63 Å². The van der Waals surface area contributed by atoms with Crippen LogP contribution in [0, 0.1) is 6.92 Å². The van der Waals surface area contributed by atoms with E-state index in [1.165, 1.54) is 10.4 Å². The van der Waals surface area contributed by atoms with Crippen LogP contribution < -0.4 is 11.2 Å². The minimum atomic E-state index is -0.479. The second kappa shape index (κ2) is 5.09. The van der Waals surface area contributed by atoms with Gasteiger partial charge in [0.2, 0.25) is 5.91 Å². The monoisotopic (exact) mass is 214 g/mol. The van der Waals surface area contributed by atoms with Gasteiger partial charge in [-0.15, -0.1) is 11.3 Å². The normalized spacial score (nSPS) is 12.7. The van der Waals surface area contributed by atoms with E-state index in [0.29, 0.717) is 0 Å². The number of hydrogen-bond donors (Lipinski definition) is 2. The number of aryl methyl sites for hydroxylation is 1. The van der Waals surface area contributed by atoms with Crippen LogP contribution >= 0.6 is 11.3 Å². The number of thiophene rings is 1. The third kappa shape index (κ3) is 3.10. The predicted molar refractivity (Wildman–Crippen MR) is 55.8 cm³/mol. The molecule has 1 aromatic rings. The number of hydroxylamine groups is 1. The molecule has 1 aromatic heterocycles. The number of carbonyl (C=O) groups is 1. The topological polar surface area (TPSA) is 64.3 Å². The van der Waals surface area contributed by atoms with Crippen LogP contribution in [0.1, 0.15) is 23.4 Å². The quantitative estimate of drug-likeness (QED) is 0.722. The molecule has 1 unspecified atom stereocenters. The van der Waals surface area contributed by atoms with Crippen molar-refractivity contribution in [2.24, 2.45) is 5.73 Å². The van der Waals surface area contributed by atoms with Gasteiger partial charge in [-0.2, -0.15) is 5.48 Å². The number of hydrogen-bond acceptors (Lipinski definition) is 4. The van der Waals surface area contributed by atoms with E-state index in [1.807, 2.05) is 25.3 Å². The van der Waals surface area contributed by atoms with Crippen molar-refractivity contribution in [3.63, 3.8) is 0 Å². The summed E-state index contributed by atoms with van der Waals surface area (Å²) in [5.41, 5.74) is 8.91. The molecule has 0 bridgehead atoms. The number of rotatable bonds is 5. The van der Waals surface area contributed by atoms with Crippen molar-refractivity contribution in [3.05, 3.63) is 21.9 Å². The average Bonchev–Trinajstić information content (AvgIpc) is 2.50. The lowest BCUT2D eigenvalue weighted by molar-refractivity contribution is -0.125. The van der Waals surface area contributed by atoms with E-state index in [0.717, 1.165) is 0 Å². The maximum Gasteiger partial charge on any atom is 0.245 e. The summed E-state index contributed by atoms with van der Waals surface area (Å²) in [6.45, 7) is 3.91. The van der Waals surface area contributed by atoms with Crippen molar-refractivity contribution in [2.75, 3.05) is 6.61 Å². The summed E-state index contributed by atoms with van der Waals surface area (Å²) in [5.74, 6) is -0.479. The molecule has 1 rings (SSSR count). The molecule has 4 nitrogen and oxygen atoms in total. The molecular formula is C9H14N2O2S. The Morgan fingerprint density at radius 3 is 3.00 bits per heavy atom. The van der Waals surface area contributed by atoms with Crippen LogP contribution in [0.4, 0.5) is 0 Å². The van der Waals surface area contributed by atoms with Gasteiger partial charge in [0.1, 0.15) is 6.61 Å². The van der Waals surface area contributed by atoms with Crippen molar-refractivity contribution in [3.8, 4) is 0 Å². The third-order valence-corrected chi connectivity index (χ3v) is 2.97. The minimum absolute atomic E-state index is 0.0781. The van der Waals surface area contributed by atoms with Gasteiger partial charge in [0.15, 0.2) is 0 Å². The smallest absolute Gasteiger partial charge is 0.245 e. The maximum atomic E-state index is 10.4. The van der Waals surface area contributed by atoms with Crippen LogP contribution in [0.25, 0.3) is 0 Å². The molecule has 14 heavy (non-hydrogen) atoms. The lowest BCUT2D eigenvalue weighted by Gasteiger charge is -2.12. The molecule has 0 saturated carbocycles. The van der Waals surface area contributed by atoms with Crippen LogP contribution in [0.15, 0.2) is 11.4 Å². The predicted octanol–water partition coefficient (Wildman–Crippen LogP) is 1.12. The summed E-state index contributed by atoms with van der Waals surface area (Å²) in [5, 5.41) is 2.02. The average molecular weight is 214 g/mol. The fourth-order valence-corrected chi connectivity index (χ4v) is 2.04. The first-order chi connectivity index (χ1) is 6.61. The van der Waals surface area contributed by atoms with Gasteiger partial charge in [-0.25, -0.2) is 0 Å². The number of carbonyl (C=O) groups excluding carboxylic acids is 1. The summed E-state index contributed by atoms with van der Waals surface area (Å²) in [6.07, 6.45) is 0. The van der Waals surface area contributed by atoms with Crippen molar-refractivity contribution in [2.45, 2.75) is 19.9 Å². The Kier molecular flexibility index (Phi) is 4.06. The van der Waals surface area contributed by atoms with Crippen molar-refractivity contribution < 1.29 is 9.63 Å². The second-order valence-corrected chi connectivity index (χ2v) is 4.01. The lowest BCUT2D eigenvalue weighted by atomic mass is 10.2. The zero-order valence-corrected chi connectivity index (χ0v) is 9.06. The van der Waals surface area contributed by atoms with E-state index in [1.54, 1.807) is 11.3 Å². The molecule has 0 aliphatic carbocycles. The fourth-order valence-electron chi connectivity index (χ4n) is 1.12. The van der Waals surface area contributed by atoms with Gasteiger partial charge < -0.3 is 5.73 Å². The van der Waals surface area contributed by atoms with Crippen LogP contribution in [0.3, 0.4) is 0 Å². The Labute approximate surface area is 87.0 Å². The Balaban J connectivity index is 2.39. The minimum Gasteiger partial charge on any atom is -0.368 e. The zero-order valence-electron chi connectivity index (χ0n) is 8.24. The highest BCUT2D eigenvalue weighted by molar-refractivity contribution is 7.10.